The number of rotatable bonds is 4. The van der Waals surface area contributed by atoms with Crippen LogP contribution in [0.2, 0.25) is 5.02 Å². The smallest absolute Gasteiger partial charge is 0.315 e. The van der Waals surface area contributed by atoms with Crippen molar-refractivity contribution in [2.75, 3.05) is 13.2 Å². The van der Waals surface area contributed by atoms with Gasteiger partial charge in [-0.2, -0.15) is 0 Å². The van der Waals surface area contributed by atoms with E-state index < -0.39 is 0 Å². The van der Waals surface area contributed by atoms with Gasteiger partial charge >= 0.3 is 6.03 Å². The highest BCUT2D eigenvalue weighted by molar-refractivity contribution is 6.30. The summed E-state index contributed by atoms with van der Waals surface area (Å²) in [5, 5.41) is 6.41. The number of benzene rings is 2. The van der Waals surface area contributed by atoms with Gasteiger partial charge in [-0.25, -0.2) is 4.79 Å². The van der Waals surface area contributed by atoms with Crippen LogP contribution in [-0.2, 0) is 6.54 Å². The van der Waals surface area contributed by atoms with Crippen molar-refractivity contribution >= 4 is 17.6 Å². The third-order valence-electron chi connectivity index (χ3n) is 3.67. The topological polar surface area (TPSA) is 50.4 Å². The zero-order valence-corrected chi connectivity index (χ0v) is 12.8. The van der Waals surface area contributed by atoms with E-state index >= 15 is 0 Å². The molecule has 0 fully saturated rings. The number of amides is 2. The van der Waals surface area contributed by atoms with Gasteiger partial charge in [-0.1, -0.05) is 41.9 Å². The van der Waals surface area contributed by atoms with E-state index in [4.69, 9.17) is 16.3 Å². The number of ether oxygens (including phenoxy) is 1. The lowest BCUT2D eigenvalue weighted by Crippen LogP contribution is -2.37. The molecule has 2 aromatic rings. The molecule has 114 valence electrons. The summed E-state index contributed by atoms with van der Waals surface area (Å²) in [5.74, 6) is 1.12. The summed E-state index contributed by atoms with van der Waals surface area (Å²) in [4.78, 5) is 11.9. The van der Waals surface area contributed by atoms with Crippen molar-refractivity contribution in [1.82, 2.24) is 10.6 Å². The monoisotopic (exact) mass is 316 g/mol. The van der Waals surface area contributed by atoms with Crippen LogP contribution in [0.5, 0.6) is 5.75 Å². The van der Waals surface area contributed by atoms with Crippen LogP contribution < -0.4 is 15.4 Å². The van der Waals surface area contributed by atoms with Crippen LogP contribution in [0.3, 0.4) is 0 Å². The predicted octanol–water partition coefficient (Wildman–Crippen LogP) is 3.32. The summed E-state index contributed by atoms with van der Waals surface area (Å²) in [7, 11) is 0. The molecule has 4 nitrogen and oxygen atoms in total. The van der Waals surface area contributed by atoms with Crippen LogP contribution >= 0.6 is 11.6 Å². The molecule has 2 amide bonds. The molecule has 5 heteroatoms. The van der Waals surface area contributed by atoms with Gasteiger partial charge in [0.1, 0.15) is 5.75 Å². The molecule has 0 spiro atoms. The highest BCUT2D eigenvalue weighted by atomic mass is 35.5. The Morgan fingerprint density at radius 3 is 2.73 bits per heavy atom. The Labute approximate surface area is 134 Å². The number of hydrogen-bond acceptors (Lipinski definition) is 2. The second kappa shape index (κ2) is 6.71. The maximum Gasteiger partial charge on any atom is 0.315 e. The van der Waals surface area contributed by atoms with Gasteiger partial charge in [-0.05, 0) is 23.8 Å². The minimum atomic E-state index is -0.181. The molecule has 2 aromatic carbocycles. The summed E-state index contributed by atoms with van der Waals surface area (Å²) < 4.78 is 5.60. The third-order valence-corrected chi connectivity index (χ3v) is 3.93. The first-order valence-electron chi connectivity index (χ1n) is 7.20. The van der Waals surface area contributed by atoms with E-state index in [1.807, 2.05) is 48.5 Å². The number of fused-ring (bicyclic) bond motifs is 1. The molecular weight excluding hydrogens is 300 g/mol. The van der Waals surface area contributed by atoms with Crippen LogP contribution in [0, 0.1) is 0 Å². The molecule has 0 aromatic heterocycles. The summed E-state index contributed by atoms with van der Waals surface area (Å²) in [5.41, 5.74) is 2.16. The average Bonchev–Trinajstić information content (AvgIpc) is 2.96. The highest BCUT2D eigenvalue weighted by Gasteiger charge is 2.23. The van der Waals surface area contributed by atoms with Gasteiger partial charge in [0.2, 0.25) is 0 Å². The highest BCUT2D eigenvalue weighted by Crippen LogP contribution is 2.32. The minimum Gasteiger partial charge on any atom is -0.493 e. The zero-order valence-electron chi connectivity index (χ0n) is 12.0. The SMILES string of the molecule is O=C(NCc1ccc(Cl)cc1)NC[C@H]1COc2ccccc21. The van der Waals surface area contributed by atoms with E-state index in [9.17, 15) is 4.79 Å². The van der Waals surface area contributed by atoms with Crippen molar-refractivity contribution in [2.45, 2.75) is 12.5 Å². The molecule has 3 rings (SSSR count). The van der Waals surface area contributed by atoms with Gasteiger partial charge in [0.15, 0.2) is 0 Å². The summed E-state index contributed by atoms with van der Waals surface area (Å²) in [6.07, 6.45) is 0. The first-order chi connectivity index (χ1) is 10.7. The van der Waals surface area contributed by atoms with Gasteiger partial charge in [0.05, 0.1) is 6.61 Å². The molecule has 1 heterocycles. The average molecular weight is 317 g/mol. The second-order valence-electron chi connectivity index (χ2n) is 5.24. The standard InChI is InChI=1S/C17H17ClN2O2/c18-14-7-5-12(6-8-14)9-19-17(21)20-10-13-11-22-16-4-2-1-3-15(13)16/h1-8,13H,9-11H2,(H2,19,20,21)/t13-/m0/s1. The van der Waals surface area contributed by atoms with E-state index in [-0.39, 0.29) is 11.9 Å². The Balaban J connectivity index is 1.46. The maximum absolute atomic E-state index is 11.9. The molecule has 0 aliphatic carbocycles. The number of para-hydroxylation sites is 1. The fraction of sp³-hybridized carbons (Fsp3) is 0.235. The second-order valence-corrected chi connectivity index (χ2v) is 5.67. The lowest BCUT2D eigenvalue weighted by Gasteiger charge is -2.11. The molecule has 1 aliphatic heterocycles. The van der Waals surface area contributed by atoms with Gasteiger partial charge in [-0.3, -0.25) is 0 Å². The Hall–Kier alpha value is -2.20. The van der Waals surface area contributed by atoms with Gasteiger partial charge in [0.25, 0.3) is 0 Å². The van der Waals surface area contributed by atoms with E-state index in [0.717, 1.165) is 16.9 Å². The number of carbonyl (C=O) groups excluding carboxylic acids is 1. The Bertz CT molecular complexity index is 658. The Kier molecular flexibility index (Phi) is 4.49. The van der Waals surface area contributed by atoms with E-state index in [1.54, 1.807) is 0 Å². The zero-order chi connectivity index (χ0) is 15.4. The van der Waals surface area contributed by atoms with Crippen molar-refractivity contribution in [2.24, 2.45) is 0 Å². The quantitative estimate of drug-likeness (QED) is 0.909. The number of urea groups is 1. The largest absolute Gasteiger partial charge is 0.493 e. The Morgan fingerprint density at radius 1 is 1.14 bits per heavy atom. The summed E-state index contributed by atoms with van der Waals surface area (Å²) >= 11 is 5.83. The Morgan fingerprint density at radius 2 is 1.91 bits per heavy atom. The predicted molar refractivity (Wildman–Crippen MR) is 86.4 cm³/mol. The number of halogens is 1. The molecule has 0 saturated carbocycles. The first-order valence-corrected chi connectivity index (χ1v) is 7.58. The molecular formula is C17H17ClN2O2. The number of hydrogen-bond donors (Lipinski definition) is 2. The number of carbonyl (C=O) groups is 1. The molecule has 22 heavy (non-hydrogen) atoms. The third kappa shape index (κ3) is 3.52. The lowest BCUT2D eigenvalue weighted by molar-refractivity contribution is 0.238. The fourth-order valence-corrected chi connectivity index (χ4v) is 2.59. The van der Waals surface area contributed by atoms with Crippen molar-refractivity contribution in [3.8, 4) is 5.75 Å². The van der Waals surface area contributed by atoms with Crippen molar-refractivity contribution in [3.63, 3.8) is 0 Å². The first kappa shape index (κ1) is 14.7. The van der Waals surface area contributed by atoms with Crippen LogP contribution in [0.4, 0.5) is 4.79 Å². The van der Waals surface area contributed by atoms with Gasteiger partial charge < -0.3 is 15.4 Å². The van der Waals surface area contributed by atoms with Crippen LogP contribution in [0.1, 0.15) is 17.0 Å². The van der Waals surface area contributed by atoms with Crippen LogP contribution in [-0.4, -0.2) is 19.2 Å². The van der Waals surface area contributed by atoms with Crippen molar-refractivity contribution < 1.29 is 9.53 Å². The normalized spacial score (nSPS) is 15.8. The maximum atomic E-state index is 11.9. The molecule has 0 saturated heterocycles. The molecule has 1 aliphatic rings. The molecule has 0 bridgehead atoms. The number of nitrogens with one attached hydrogen (secondary N) is 2. The van der Waals surface area contributed by atoms with E-state index in [1.165, 1.54) is 0 Å². The lowest BCUT2D eigenvalue weighted by atomic mass is 10.0. The summed E-state index contributed by atoms with van der Waals surface area (Å²) in [6.45, 7) is 1.64. The van der Waals surface area contributed by atoms with Gasteiger partial charge in [0, 0.05) is 29.6 Å². The van der Waals surface area contributed by atoms with E-state index in [2.05, 4.69) is 10.6 Å². The molecule has 2 N–H and O–H groups in total. The summed E-state index contributed by atoms with van der Waals surface area (Å²) in [6, 6.07) is 15.2. The van der Waals surface area contributed by atoms with Crippen LogP contribution in [0.25, 0.3) is 0 Å². The van der Waals surface area contributed by atoms with Crippen molar-refractivity contribution in [3.05, 3.63) is 64.7 Å². The van der Waals surface area contributed by atoms with E-state index in [0.29, 0.717) is 24.7 Å². The minimum absolute atomic E-state index is 0.181. The fourth-order valence-electron chi connectivity index (χ4n) is 2.46. The van der Waals surface area contributed by atoms with Crippen LogP contribution in [0.15, 0.2) is 48.5 Å². The molecule has 1 atom stereocenters. The molecule has 0 radical (unpaired) electrons. The molecule has 0 unspecified atom stereocenters. The van der Waals surface area contributed by atoms with Gasteiger partial charge in [-0.15, -0.1) is 0 Å². The van der Waals surface area contributed by atoms with Crippen molar-refractivity contribution in [1.29, 1.82) is 0 Å².